The van der Waals surface area contributed by atoms with Crippen molar-refractivity contribution < 1.29 is 18.9 Å². The number of benzene rings is 1. The van der Waals surface area contributed by atoms with Gasteiger partial charge in [-0.15, -0.1) is 0 Å². The van der Waals surface area contributed by atoms with Crippen molar-refractivity contribution in [1.82, 2.24) is 5.32 Å². The van der Waals surface area contributed by atoms with E-state index in [0.29, 0.717) is 24.7 Å². The van der Waals surface area contributed by atoms with E-state index >= 15 is 0 Å². The fraction of sp³-hybridized carbons (Fsp3) is 0.571. The monoisotopic (exact) mass is 269 g/mol. The first kappa shape index (κ1) is 15.6. The van der Waals surface area contributed by atoms with Gasteiger partial charge < -0.3 is 24.3 Å². The highest BCUT2D eigenvalue weighted by molar-refractivity contribution is 5.50. The second kappa shape index (κ2) is 8.61. The summed E-state index contributed by atoms with van der Waals surface area (Å²) in [6, 6.07) is 3.75. The molecule has 1 rings (SSSR count). The minimum atomic E-state index is 0.664. The predicted octanol–water partition coefficient (Wildman–Crippen LogP) is 1.84. The quantitative estimate of drug-likeness (QED) is 0.693. The van der Waals surface area contributed by atoms with Crippen molar-refractivity contribution in [3.8, 4) is 17.2 Å². The molecular weight excluding hydrogens is 246 g/mol. The second-order valence-electron chi connectivity index (χ2n) is 3.89. The number of nitrogens with one attached hydrogen (secondary N) is 1. The maximum absolute atomic E-state index is 5.36. The maximum Gasteiger partial charge on any atom is 0.164 e. The van der Waals surface area contributed by atoms with Crippen LogP contribution in [0.15, 0.2) is 12.1 Å². The van der Waals surface area contributed by atoms with Crippen LogP contribution in [0.25, 0.3) is 0 Å². The highest BCUT2D eigenvalue weighted by atomic mass is 16.5. The van der Waals surface area contributed by atoms with Crippen molar-refractivity contribution in [2.45, 2.75) is 13.5 Å². The molecule has 1 aromatic carbocycles. The molecule has 5 nitrogen and oxygen atoms in total. The standard InChI is InChI=1S/C14H23NO4/c1-5-19-7-6-15-10-11-8-13(17-3)14(18-4)9-12(11)16-2/h8-9,15H,5-7,10H2,1-4H3. The molecule has 1 aromatic rings. The largest absolute Gasteiger partial charge is 0.496 e. The van der Waals surface area contributed by atoms with Crippen LogP contribution in [-0.4, -0.2) is 41.1 Å². The molecule has 0 aliphatic carbocycles. The van der Waals surface area contributed by atoms with Gasteiger partial charge in [-0.2, -0.15) is 0 Å². The average molecular weight is 269 g/mol. The smallest absolute Gasteiger partial charge is 0.164 e. The lowest BCUT2D eigenvalue weighted by Gasteiger charge is -2.14. The Balaban J connectivity index is 2.70. The van der Waals surface area contributed by atoms with E-state index in [1.165, 1.54) is 0 Å². The molecule has 0 aliphatic rings. The number of hydrogen-bond donors (Lipinski definition) is 1. The fourth-order valence-electron chi connectivity index (χ4n) is 1.74. The molecule has 0 heterocycles. The van der Waals surface area contributed by atoms with E-state index in [1.54, 1.807) is 21.3 Å². The van der Waals surface area contributed by atoms with E-state index in [-0.39, 0.29) is 0 Å². The molecule has 19 heavy (non-hydrogen) atoms. The fourth-order valence-corrected chi connectivity index (χ4v) is 1.74. The van der Waals surface area contributed by atoms with Gasteiger partial charge in [-0.1, -0.05) is 0 Å². The molecule has 0 radical (unpaired) electrons. The zero-order valence-electron chi connectivity index (χ0n) is 12.1. The van der Waals surface area contributed by atoms with Gasteiger partial charge in [0.15, 0.2) is 11.5 Å². The highest BCUT2D eigenvalue weighted by Crippen LogP contribution is 2.34. The van der Waals surface area contributed by atoms with Crippen LogP contribution >= 0.6 is 0 Å². The van der Waals surface area contributed by atoms with E-state index in [0.717, 1.165) is 24.5 Å². The Morgan fingerprint density at radius 3 is 2.16 bits per heavy atom. The van der Waals surface area contributed by atoms with Crippen molar-refractivity contribution in [3.63, 3.8) is 0 Å². The van der Waals surface area contributed by atoms with Crippen molar-refractivity contribution in [2.24, 2.45) is 0 Å². The minimum Gasteiger partial charge on any atom is -0.496 e. The summed E-state index contributed by atoms with van der Waals surface area (Å²) in [7, 11) is 4.87. The molecule has 0 amide bonds. The summed E-state index contributed by atoms with van der Waals surface area (Å²) >= 11 is 0. The van der Waals surface area contributed by atoms with Crippen molar-refractivity contribution in [1.29, 1.82) is 0 Å². The van der Waals surface area contributed by atoms with Gasteiger partial charge >= 0.3 is 0 Å². The molecule has 0 aliphatic heterocycles. The van der Waals surface area contributed by atoms with E-state index < -0.39 is 0 Å². The second-order valence-corrected chi connectivity index (χ2v) is 3.89. The lowest BCUT2D eigenvalue weighted by Crippen LogP contribution is -2.19. The van der Waals surface area contributed by atoms with Gasteiger partial charge in [-0.3, -0.25) is 0 Å². The van der Waals surface area contributed by atoms with Crippen LogP contribution in [0.2, 0.25) is 0 Å². The zero-order chi connectivity index (χ0) is 14.1. The van der Waals surface area contributed by atoms with Crippen LogP contribution in [0.1, 0.15) is 12.5 Å². The first-order valence-corrected chi connectivity index (χ1v) is 6.34. The lowest BCUT2D eigenvalue weighted by atomic mass is 10.1. The molecule has 0 bridgehead atoms. The SMILES string of the molecule is CCOCCNCc1cc(OC)c(OC)cc1OC. The summed E-state index contributed by atoms with van der Waals surface area (Å²) in [5.74, 6) is 2.14. The molecule has 0 saturated heterocycles. The molecule has 0 unspecified atom stereocenters. The van der Waals surface area contributed by atoms with Crippen LogP contribution in [-0.2, 0) is 11.3 Å². The number of hydrogen-bond acceptors (Lipinski definition) is 5. The van der Waals surface area contributed by atoms with Gasteiger partial charge in [-0.05, 0) is 13.0 Å². The molecule has 5 heteroatoms. The first-order chi connectivity index (χ1) is 9.26. The van der Waals surface area contributed by atoms with Crippen LogP contribution in [0.4, 0.5) is 0 Å². The third kappa shape index (κ3) is 4.61. The van der Waals surface area contributed by atoms with Crippen molar-refractivity contribution >= 4 is 0 Å². The summed E-state index contributed by atoms with van der Waals surface area (Å²) in [6.07, 6.45) is 0. The predicted molar refractivity (Wildman–Crippen MR) is 74.3 cm³/mol. The zero-order valence-corrected chi connectivity index (χ0v) is 12.1. The van der Waals surface area contributed by atoms with E-state index in [9.17, 15) is 0 Å². The molecule has 0 aromatic heterocycles. The Morgan fingerprint density at radius 1 is 0.947 bits per heavy atom. The van der Waals surface area contributed by atoms with Crippen molar-refractivity contribution in [2.75, 3.05) is 41.1 Å². The Labute approximate surface area is 114 Å². The lowest BCUT2D eigenvalue weighted by molar-refractivity contribution is 0.149. The number of methoxy groups -OCH3 is 3. The van der Waals surface area contributed by atoms with Crippen LogP contribution in [0.3, 0.4) is 0 Å². The Bertz CT molecular complexity index is 382. The molecule has 0 atom stereocenters. The minimum absolute atomic E-state index is 0.664. The van der Waals surface area contributed by atoms with Crippen LogP contribution in [0, 0.1) is 0 Å². The van der Waals surface area contributed by atoms with Gasteiger partial charge in [0.25, 0.3) is 0 Å². The molecular formula is C14H23NO4. The summed E-state index contributed by atoms with van der Waals surface area (Å²) in [5.41, 5.74) is 1.02. The number of rotatable bonds is 9. The molecule has 0 spiro atoms. The maximum atomic E-state index is 5.36. The Kier molecular flexibility index (Phi) is 7.07. The van der Waals surface area contributed by atoms with E-state index in [4.69, 9.17) is 18.9 Å². The van der Waals surface area contributed by atoms with Gasteiger partial charge in [0, 0.05) is 31.3 Å². The highest BCUT2D eigenvalue weighted by Gasteiger charge is 2.11. The molecule has 1 N–H and O–H groups in total. The normalized spacial score (nSPS) is 10.3. The summed E-state index contributed by atoms with van der Waals surface area (Å²) < 4.78 is 21.2. The van der Waals surface area contributed by atoms with E-state index in [1.807, 2.05) is 19.1 Å². The van der Waals surface area contributed by atoms with Crippen molar-refractivity contribution in [3.05, 3.63) is 17.7 Å². The van der Waals surface area contributed by atoms with Gasteiger partial charge in [0.2, 0.25) is 0 Å². The van der Waals surface area contributed by atoms with Gasteiger partial charge in [-0.25, -0.2) is 0 Å². The molecule has 0 fully saturated rings. The van der Waals surface area contributed by atoms with Gasteiger partial charge in [0.05, 0.1) is 27.9 Å². The summed E-state index contributed by atoms with van der Waals surface area (Å²) in [6.45, 7) is 4.91. The van der Waals surface area contributed by atoms with Gasteiger partial charge in [0.1, 0.15) is 5.75 Å². The van der Waals surface area contributed by atoms with E-state index in [2.05, 4.69) is 5.32 Å². The average Bonchev–Trinajstić information content (AvgIpc) is 2.46. The summed E-state index contributed by atoms with van der Waals surface area (Å²) in [4.78, 5) is 0. The Morgan fingerprint density at radius 2 is 1.58 bits per heavy atom. The molecule has 0 saturated carbocycles. The summed E-state index contributed by atoms with van der Waals surface area (Å²) in [5, 5.41) is 3.30. The first-order valence-electron chi connectivity index (χ1n) is 6.34. The third-order valence-corrected chi connectivity index (χ3v) is 2.73. The van der Waals surface area contributed by atoms with Crippen LogP contribution in [0.5, 0.6) is 17.2 Å². The third-order valence-electron chi connectivity index (χ3n) is 2.73. The topological polar surface area (TPSA) is 49.0 Å². The number of ether oxygens (including phenoxy) is 4. The van der Waals surface area contributed by atoms with Crippen LogP contribution < -0.4 is 19.5 Å². The molecule has 108 valence electrons. The Hall–Kier alpha value is -1.46.